The van der Waals surface area contributed by atoms with Gasteiger partial charge in [-0.1, -0.05) is 27.5 Å². The Morgan fingerprint density at radius 1 is 1.09 bits per heavy atom. The van der Waals surface area contributed by atoms with Crippen LogP contribution in [0.4, 0.5) is 0 Å². The Morgan fingerprint density at radius 2 is 1.86 bits per heavy atom. The Bertz CT molecular complexity index is 688. The number of hydrogen-bond donors (Lipinski definition) is 0. The van der Waals surface area contributed by atoms with Gasteiger partial charge in [-0.05, 0) is 30.3 Å². The van der Waals surface area contributed by atoms with Crippen LogP contribution in [0.1, 0.15) is 10.4 Å². The summed E-state index contributed by atoms with van der Waals surface area (Å²) in [6.45, 7) is -0.135. The molecule has 0 atom stereocenters. The molecule has 0 saturated heterocycles. The van der Waals surface area contributed by atoms with Crippen molar-refractivity contribution in [2.45, 2.75) is 0 Å². The van der Waals surface area contributed by atoms with Crippen molar-refractivity contribution in [1.82, 2.24) is 0 Å². The van der Waals surface area contributed by atoms with Crippen LogP contribution in [-0.4, -0.2) is 26.6 Å². The smallest absolute Gasteiger partial charge is 0.203 e. The molecular formula is C16H14BrClO4. The highest BCUT2D eigenvalue weighted by molar-refractivity contribution is 9.10. The van der Waals surface area contributed by atoms with Gasteiger partial charge in [0.2, 0.25) is 5.78 Å². The molecule has 0 aliphatic heterocycles. The molecule has 0 spiro atoms. The van der Waals surface area contributed by atoms with Crippen LogP contribution in [0.2, 0.25) is 5.02 Å². The number of halogens is 2. The summed E-state index contributed by atoms with van der Waals surface area (Å²) < 4.78 is 16.6. The first kappa shape index (κ1) is 16.6. The second-order valence-electron chi connectivity index (χ2n) is 4.35. The summed E-state index contributed by atoms with van der Waals surface area (Å²) in [7, 11) is 3.05. The molecule has 2 aromatic carbocycles. The number of hydrogen-bond acceptors (Lipinski definition) is 4. The number of rotatable bonds is 6. The van der Waals surface area contributed by atoms with E-state index in [4.69, 9.17) is 25.8 Å². The van der Waals surface area contributed by atoms with Crippen molar-refractivity contribution < 1.29 is 19.0 Å². The van der Waals surface area contributed by atoms with Crippen LogP contribution in [0.3, 0.4) is 0 Å². The molecular weight excluding hydrogens is 372 g/mol. The SMILES string of the molecule is COc1ccc(C(=O)COc2ccc(Br)cc2Cl)c(OC)c1. The molecule has 0 aliphatic rings. The molecule has 0 heterocycles. The van der Waals surface area contributed by atoms with Crippen molar-refractivity contribution in [1.29, 1.82) is 0 Å². The van der Waals surface area contributed by atoms with Crippen LogP contribution in [0, 0.1) is 0 Å². The van der Waals surface area contributed by atoms with E-state index >= 15 is 0 Å². The summed E-state index contributed by atoms with van der Waals surface area (Å²) in [5, 5.41) is 0.434. The Kier molecular flexibility index (Phi) is 5.69. The van der Waals surface area contributed by atoms with Gasteiger partial charge in [0.25, 0.3) is 0 Å². The molecule has 0 bridgehead atoms. The lowest BCUT2D eigenvalue weighted by molar-refractivity contribution is 0.0918. The zero-order valence-corrected chi connectivity index (χ0v) is 14.4. The van der Waals surface area contributed by atoms with Gasteiger partial charge >= 0.3 is 0 Å². The van der Waals surface area contributed by atoms with Crippen molar-refractivity contribution in [2.75, 3.05) is 20.8 Å². The molecule has 0 amide bonds. The summed E-state index contributed by atoms with van der Waals surface area (Å²) in [6, 6.07) is 10.2. The molecule has 2 aromatic rings. The molecule has 2 rings (SSSR count). The highest BCUT2D eigenvalue weighted by Crippen LogP contribution is 2.29. The molecule has 116 valence electrons. The maximum Gasteiger partial charge on any atom is 0.203 e. The molecule has 0 saturated carbocycles. The first-order valence-corrected chi connectivity index (χ1v) is 7.55. The average molecular weight is 386 g/mol. The number of ketones is 1. The van der Waals surface area contributed by atoms with Crippen LogP contribution >= 0.6 is 27.5 Å². The highest BCUT2D eigenvalue weighted by atomic mass is 79.9. The lowest BCUT2D eigenvalue weighted by Gasteiger charge is -2.11. The number of methoxy groups -OCH3 is 2. The van der Waals surface area contributed by atoms with E-state index in [0.29, 0.717) is 27.8 Å². The first-order chi connectivity index (χ1) is 10.5. The van der Waals surface area contributed by atoms with Crippen LogP contribution in [-0.2, 0) is 0 Å². The van der Waals surface area contributed by atoms with Crippen LogP contribution < -0.4 is 14.2 Å². The molecule has 0 aliphatic carbocycles. The Morgan fingerprint density at radius 3 is 2.50 bits per heavy atom. The number of carbonyl (C=O) groups is 1. The van der Waals surface area contributed by atoms with E-state index in [1.165, 1.54) is 7.11 Å². The van der Waals surface area contributed by atoms with Crippen LogP contribution in [0.25, 0.3) is 0 Å². The van der Waals surface area contributed by atoms with E-state index < -0.39 is 0 Å². The molecule has 0 fully saturated rings. The molecule has 0 radical (unpaired) electrons. The number of carbonyl (C=O) groups excluding carboxylic acids is 1. The van der Waals surface area contributed by atoms with Gasteiger partial charge in [-0.3, -0.25) is 4.79 Å². The van der Waals surface area contributed by atoms with E-state index in [0.717, 1.165) is 4.47 Å². The van der Waals surface area contributed by atoms with Crippen molar-refractivity contribution in [3.05, 3.63) is 51.5 Å². The first-order valence-electron chi connectivity index (χ1n) is 6.38. The van der Waals surface area contributed by atoms with Crippen LogP contribution in [0.15, 0.2) is 40.9 Å². The van der Waals surface area contributed by atoms with E-state index in [9.17, 15) is 4.79 Å². The fraction of sp³-hybridized carbons (Fsp3) is 0.188. The van der Waals surface area contributed by atoms with Gasteiger partial charge in [0.05, 0.1) is 24.8 Å². The van der Waals surface area contributed by atoms with E-state index in [-0.39, 0.29) is 12.4 Å². The molecule has 4 nitrogen and oxygen atoms in total. The van der Waals surface area contributed by atoms with Gasteiger partial charge in [0.1, 0.15) is 17.2 Å². The summed E-state index contributed by atoms with van der Waals surface area (Å²) in [6.07, 6.45) is 0. The Labute approximate surface area is 142 Å². The van der Waals surface area contributed by atoms with E-state index in [1.54, 1.807) is 43.5 Å². The van der Waals surface area contributed by atoms with Crippen molar-refractivity contribution in [2.24, 2.45) is 0 Å². The number of ether oxygens (including phenoxy) is 3. The summed E-state index contributed by atoms with van der Waals surface area (Å²) >= 11 is 9.36. The quantitative estimate of drug-likeness (QED) is 0.692. The molecule has 22 heavy (non-hydrogen) atoms. The molecule has 6 heteroatoms. The number of Topliss-reactive ketones (excluding diaryl/α,β-unsaturated/α-hetero) is 1. The third-order valence-electron chi connectivity index (χ3n) is 2.96. The maximum atomic E-state index is 12.3. The van der Waals surface area contributed by atoms with Gasteiger partial charge in [0.15, 0.2) is 6.61 Å². The zero-order valence-electron chi connectivity index (χ0n) is 12.1. The Balaban J connectivity index is 2.12. The fourth-order valence-electron chi connectivity index (χ4n) is 1.84. The predicted octanol–water partition coefficient (Wildman–Crippen LogP) is 4.38. The average Bonchev–Trinajstić information content (AvgIpc) is 2.53. The second kappa shape index (κ2) is 7.51. The minimum atomic E-state index is -0.210. The Hall–Kier alpha value is -1.72. The van der Waals surface area contributed by atoms with Crippen LogP contribution in [0.5, 0.6) is 17.2 Å². The fourth-order valence-corrected chi connectivity index (χ4v) is 2.57. The molecule has 0 aromatic heterocycles. The minimum Gasteiger partial charge on any atom is -0.497 e. The predicted molar refractivity (Wildman–Crippen MR) is 88.5 cm³/mol. The minimum absolute atomic E-state index is 0.135. The molecule has 0 unspecified atom stereocenters. The third-order valence-corrected chi connectivity index (χ3v) is 3.75. The summed E-state index contributed by atoms with van der Waals surface area (Å²) in [5.74, 6) is 1.30. The summed E-state index contributed by atoms with van der Waals surface area (Å²) in [5.41, 5.74) is 0.427. The van der Waals surface area contributed by atoms with Crippen molar-refractivity contribution >= 4 is 33.3 Å². The van der Waals surface area contributed by atoms with E-state index in [2.05, 4.69) is 15.9 Å². The van der Waals surface area contributed by atoms with Gasteiger partial charge in [-0.15, -0.1) is 0 Å². The lowest BCUT2D eigenvalue weighted by Crippen LogP contribution is -2.13. The normalized spacial score (nSPS) is 10.2. The zero-order chi connectivity index (χ0) is 16.1. The lowest BCUT2D eigenvalue weighted by atomic mass is 10.1. The highest BCUT2D eigenvalue weighted by Gasteiger charge is 2.15. The number of benzene rings is 2. The van der Waals surface area contributed by atoms with Gasteiger partial charge < -0.3 is 14.2 Å². The van der Waals surface area contributed by atoms with Gasteiger partial charge in [0, 0.05) is 10.5 Å². The maximum absolute atomic E-state index is 12.3. The van der Waals surface area contributed by atoms with Gasteiger partial charge in [-0.2, -0.15) is 0 Å². The topological polar surface area (TPSA) is 44.8 Å². The third kappa shape index (κ3) is 3.93. The summed E-state index contributed by atoms with van der Waals surface area (Å²) in [4.78, 5) is 12.3. The monoisotopic (exact) mass is 384 g/mol. The van der Waals surface area contributed by atoms with Crippen molar-refractivity contribution in [3.8, 4) is 17.2 Å². The van der Waals surface area contributed by atoms with E-state index in [1.807, 2.05) is 0 Å². The van der Waals surface area contributed by atoms with Gasteiger partial charge in [-0.25, -0.2) is 0 Å². The molecule has 0 N–H and O–H groups in total. The largest absolute Gasteiger partial charge is 0.497 e. The van der Waals surface area contributed by atoms with Crippen molar-refractivity contribution in [3.63, 3.8) is 0 Å². The standard InChI is InChI=1S/C16H14BrClO4/c1-20-11-4-5-12(16(8-11)21-2)14(19)9-22-15-6-3-10(17)7-13(15)18/h3-8H,9H2,1-2H3. The second-order valence-corrected chi connectivity index (χ2v) is 5.68.